The Morgan fingerprint density at radius 2 is 1.92 bits per heavy atom. The van der Waals surface area contributed by atoms with Crippen molar-refractivity contribution in [3.05, 3.63) is 42.0 Å². The first kappa shape index (κ1) is 15.7. The fourth-order valence-corrected chi connectivity index (χ4v) is 5.55. The van der Waals surface area contributed by atoms with Crippen LogP contribution in [0.15, 0.2) is 41.3 Å². The van der Waals surface area contributed by atoms with E-state index in [4.69, 9.17) is 4.74 Å². The van der Waals surface area contributed by atoms with Crippen molar-refractivity contribution in [3.63, 3.8) is 0 Å². The molecule has 2 fully saturated rings. The molecule has 0 radical (unpaired) electrons. The zero-order valence-corrected chi connectivity index (χ0v) is 14.3. The maximum atomic E-state index is 12.2. The Bertz CT molecular complexity index is 784. The molecule has 1 amide bonds. The van der Waals surface area contributed by atoms with Crippen molar-refractivity contribution in [3.8, 4) is 0 Å². The van der Waals surface area contributed by atoms with Gasteiger partial charge in [0.2, 0.25) is 0 Å². The molecule has 0 aliphatic heterocycles. The van der Waals surface area contributed by atoms with Gasteiger partial charge < -0.3 is 4.74 Å². The lowest BCUT2D eigenvalue weighted by atomic mass is 9.80. The first-order valence-corrected chi connectivity index (χ1v) is 9.89. The second-order valence-electron chi connectivity index (χ2n) is 7.16. The number of benzene rings is 1. The van der Waals surface area contributed by atoms with Crippen molar-refractivity contribution in [1.29, 1.82) is 0 Å². The number of nitrogens with one attached hydrogen (secondary N) is 1. The number of carbonyl (C=O) groups excluding carboxylic acids is 1. The molecule has 0 aromatic heterocycles. The Morgan fingerprint density at radius 1 is 1.17 bits per heavy atom. The molecule has 5 nitrogen and oxygen atoms in total. The summed E-state index contributed by atoms with van der Waals surface area (Å²) in [6, 6.07) is 6.36. The van der Waals surface area contributed by atoms with Crippen molar-refractivity contribution < 1.29 is 17.9 Å². The lowest BCUT2D eigenvalue weighted by molar-refractivity contribution is 0.0454. The first-order valence-electron chi connectivity index (χ1n) is 8.41. The Hall–Kier alpha value is -1.82. The van der Waals surface area contributed by atoms with Gasteiger partial charge in [0.25, 0.3) is 10.0 Å². The molecule has 6 heteroatoms. The van der Waals surface area contributed by atoms with E-state index in [0.29, 0.717) is 23.7 Å². The summed E-state index contributed by atoms with van der Waals surface area (Å²) in [6.45, 7) is 1.87. The van der Waals surface area contributed by atoms with E-state index in [1.807, 2.05) is 11.6 Å². The zero-order valence-electron chi connectivity index (χ0n) is 13.5. The van der Waals surface area contributed by atoms with Gasteiger partial charge in [0.15, 0.2) is 0 Å². The van der Waals surface area contributed by atoms with Crippen LogP contribution in [-0.2, 0) is 14.8 Å². The Balaban J connectivity index is 1.40. The molecule has 0 spiro atoms. The van der Waals surface area contributed by atoms with Crippen LogP contribution < -0.4 is 4.72 Å². The molecule has 5 atom stereocenters. The molecule has 24 heavy (non-hydrogen) atoms. The normalized spacial score (nSPS) is 33.5. The van der Waals surface area contributed by atoms with Gasteiger partial charge in [0.1, 0.15) is 6.10 Å². The predicted molar refractivity (Wildman–Crippen MR) is 88.7 cm³/mol. The Labute approximate surface area is 142 Å². The van der Waals surface area contributed by atoms with Gasteiger partial charge in [-0.1, -0.05) is 29.8 Å². The molecule has 1 aromatic carbocycles. The average Bonchev–Trinajstić information content (AvgIpc) is 3.19. The quantitative estimate of drug-likeness (QED) is 0.853. The second-order valence-corrected chi connectivity index (χ2v) is 8.85. The maximum Gasteiger partial charge on any atom is 0.421 e. The van der Waals surface area contributed by atoms with E-state index in [1.165, 1.54) is 12.1 Å². The number of amides is 1. The van der Waals surface area contributed by atoms with Crippen LogP contribution in [0.25, 0.3) is 0 Å². The smallest absolute Gasteiger partial charge is 0.421 e. The van der Waals surface area contributed by atoms with Crippen LogP contribution in [-0.4, -0.2) is 20.6 Å². The highest BCUT2D eigenvalue weighted by atomic mass is 32.2. The molecule has 2 bridgehead atoms. The van der Waals surface area contributed by atoms with E-state index < -0.39 is 16.1 Å². The fraction of sp³-hybridized carbons (Fsp3) is 0.500. The number of hydrogen-bond donors (Lipinski definition) is 1. The first-order chi connectivity index (χ1) is 11.4. The minimum atomic E-state index is -3.89. The number of ether oxygens (including phenoxy) is 1. The molecular formula is C18H21NO4S. The Morgan fingerprint density at radius 3 is 2.67 bits per heavy atom. The van der Waals surface area contributed by atoms with E-state index in [1.54, 1.807) is 12.1 Å². The van der Waals surface area contributed by atoms with Gasteiger partial charge in [-0.2, -0.15) is 0 Å². The van der Waals surface area contributed by atoms with Crippen molar-refractivity contribution in [2.75, 3.05) is 0 Å². The van der Waals surface area contributed by atoms with Crippen LogP contribution in [0.5, 0.6) is 0 Å². The highest BCUT2D eigenvalue weighted by Gasteiger charge is 2.53. The number of carbonyl (C=O) groups is 1. The number of rotatable bonds is 3. The monoisotopic (exact) mass is 347 g/mol. The summed E-state index contributed by atoms with van der Waals surface area (Å²) in [5.41, 5.74) is 0.956. The van der Waals surface area contributed by atoms with Crippen LogP contribution in [0, 0.1) is 30.6 Å². The molecule has 4 rings (SSSR count). The van der Waals surface area contributed by atoms with Crippen molar-refractivity contribution in [1.82, 2.24) is 4.72 Å². The van der Waals surface area contributed by atoms with Gasteiger partial charge in [0.05, 0.1) is 4.90 Å². The summed E-state index contributed by atoms with van der Waals surface area (Å²) >= 11 is 0. The van der Waals surface area contributed by atoms with Crippen LogP contribution in [0.3, 0.4) is 0 Å². The lowest BCUT2D eigenvalue weighted by Crippen LogP contribution is -2.38. The maximum absolute atomic E-state index is 12.2. The van der Waals surface area contributed by atoms with E-state index in [2.05, 4.69) is 12.2 Å². The van der Waals surface area contributed by atoms with E-state index >= 15 is 0 Å². The van der Waals surface area contributed by atoms with Gasteiger partial charge in [0, 0.05) is 5.92 Å². The van der Waals surface area contributed by atoms with E-state index in [0.717, 1.165) is 24.8 Å². The number of allylic oxidation sites excluding steroid dienone is 2. The highest BCUT2D eigenvalue weighted by molar-refractivity contribution is 7.90. The van der Waals surface area contributed by atoms with Crippen LogP contribution in [0.2, 0.25) is 0 Å². The summed E-state index contributed by atoms with van der Waals surface area (Å²) in [4.78, 5) is 12.2. The molecule has 0 saturated heterocycles. The highest BCUT2D eigenvalue weighted by Crippen LogP contribution is 2.57. The summed E-state index contributed by atoms with van der Waals surface area (Å²) in [7, 11) is -3.89. The molecule has 1 aromatic rings. The second kappa shape index (κ2) is 5.62. The van der Waals surface area contributed by atoms with E-state index in [-0.39, 0.29) is 11.0 Å². The number of hydrogen-bond acceptors (Lipinski definition) is 4. The lowest BCUT2D eigenvalue weighted by Gasteiger charge is -2.30. The summed E-state index contributed by atoms with van der Waals surface area (Å²) < 4.78 is 32.0. The van der Waals surface area contributed by atoms with Gasteiger partial charge in [-0.25, -0.2) is 17.9 Å². The summed E-state index contributed by atoms with van der Waals surface area (Å²) in [5, 5.41) is 0. The summed E-state index contributed by atoms with van der Waals surface area (Å²) in [5.74, 6) is 2.14. The van der Waals surface area contributed by atoms with Gasteiger partial charge in [-0.05, 0) is 56.1 Å². The average molecular weight is 347 g/mol. The SMILES string of the molecule is Cc1ccc(S(=O)(=O)NC(=O)O[C@H]2C[C@@H]3C[C@@H]2[C@H]2C=CC[C@H]32)cc1. The molecule has 2 saturated carbocycles. The molecular weight excluding hydrogens is 326 g/mol. The number of sulfonamides is 1. The minimum absolute atomic E-state index is 0.0665. The van der Waals surface area contributed by atoms with Crippen LogP contribution in [0.1, 0.15) is 24.8 Å². The largest absolute Gasteiger partial charge is 0.445 e. The van der Waals surface area contributed by atoms with Crippen LogP contribution in [0.4, 0.5) is 4.79 Å². The molecule has 3 aliphatic rings. The van der Waals surface area contributed by atoms with Crippen LogP contribution >= 0.6 is 0 Å². The Kier molecular flexibility index (Phi) is 3.67. The third-order valence-electron chi connectivity index (χ3n) is 5.76. The molecule has 128 valence electrons. The fourth-order valence-electron chi connectivity index (χ4n) is 4.67. The topological polar surface area (TPSA) is 72.5 Å². The van der Waals surface area contributed by atoms with E-state index in [9.17, 15) is 13.2 Å². The standard InChI is InChI=1S/C18H21NO4S/c1-11-5-7-13(8-6-11)24(21,22)19-18(20)23-17-10-12-9-16(17)15-4-2-3-14(12)15/h2,4-8,12,14-17H,3,9-10H2,1H3,(H,19,20)/t12-,14+,15-,16+,17-/m0/s1. The van der Waals surface area contributed by atoms with Crippen molar-refractivity contribution >= 4 is 16.1 Å². The zero-order chi connectivity index (χ0) is 16.9. The van der Waals surface area contributed by atoms with Crippen molar-refractivity contribution in [2.45, 2.75) is 37.2 Å². The predicted octanol–water partition coefficient (Wildman–Crippen LogP) is 3.01. The molecule has 1 N–H and O–H groups in total. The molecule has 0 heterocycles. The number of fused-ring (bicyclic) bond motifs is 5. The van der Waals surface area contributed by atoms with Crippen molar-refractivity contribution in [2.24, 2.45) is 23.7 Å². The molecule has 3 aliphatic carbocycles. The van der Waals surface area contributed by atoms with Gasteiger partial charge in [-0.3, -0.25) is 0 Å². The van der Waals surface area contributed by atoms with Gasteiger partial charge >= 0.3 is 6.09 Å². The summed E-state index contributed by atoms with van der Waals surface area (Å²) in [6.07, 6.45) is 6.49. The third kappa shape index (κ3) is 2.62. The number of aryl methyl sites for hydroxylation is 1. The third-order valence-corrected chi connectivity index (χ3v) is 7.08. The minimum Gasteiger partial charge on any atom is -0.445 e. The van der Waals surface area contributed by atoms with Gasteiger partial charge in [-0.15, -0.1) is 0 Å². The molecule has 0 unspecified atom stereocenters.